The third kappa shape index (κ3) is 6.08. The smallest absolute Gasteiger partial charge is 0.489 e. The molecule has 0 saturated heterocycles. The van der Waals surface area contributed by atoms with Crippen LogP contribution in [0.4, 0.5) is 13.2 Å². The molecule has 0 aliphatic carbocycles. The summed E-state index contributed by atoms with van der Waals surface area (Å²) in [5.41, 5.74) is -3.57. The fourth-order valence-corrected chi connectivity index (χ4v) is 5.20. The van der Waals surface area contributed by atoms with Crippen LogP contribution in [0.1, 0.15) is 11.1 Å². The summed E-state index contributed by atoms with van der Waals surface area (Å²) in [5.74, 6) is 0.205. The van der Waals surface area contributed by atoms with Crippen LogP contribution < -0.4 is 18.4 Å². The minimum absolute atomic E-state index is 0.0155. The highest BCUT2D eigenvalue weighted by atomic mass is 32.2. The lowest BCUT2D eigenvalue weighted by molar-refractivity contribution is -0.0500. The molecule has 0 atom stereocenters. The summed E-state index contributed by atoms with van der Waals surface area (Å²) in [4.78, 5) is 4.96. The second kappa shape index (κ2) is 11.1. The molecule has 0 aliphatic heterocycles. The van der Waals surface area contributed by atoms with Crippen molar-refractivity contribution in [3.63, 3.8) is 0 Å². The average Bonchev–Trinajstić information content (AvgIpc) is 3.68. The van der Waals surface area contributed by atoms with Gasteiger partial charge in [-0.1, -0.05) is 42.5 Å². The van der Waals surface area contributed by atoms with Crippen LogP contribution in [-0.2, 0) is 23.3 Å². The van der Waals surface area contributed by atoms with Crippen molar-refractivity contribution in [2.24, 2.45) is 0 Å². The molecule has 0 aliphatic rings. The molecule has 0 spiro atoms. The maximum Gasteiger partial charge on any atom is 0.534 e. The van der Waals surface area contributed by atoms with Gasteiger partial charge in [0, 0.05) is 12.1 Å². The van der Waals surface area contributed by atoms with Crippen molar-refractivity contribution >= 4 is 37.4 Å². The number of aromatic nitrogens is 3. The standard InChI is InChI=1S/C28H20F3N3O7S2/c1-37-27-33-34-14-22(32-26(34)42-27)25-13-21-23(11-20(12-24(21)40-25)41-43(35,36)28(29,30)31)39-16-18-8-5-9-19(10-18)38-15-17-6-3-2-4-7-17/h2-14H,15-16H2,1H3. The number of ether oxygens (including phenoxy) is 3. The molecule has 10 nitrogen and oxygen atoms in total. The number of imidazole rings is 1. The Hall–Kier alpha value is -4.76. The molecule has 6 rings (SSSR count). The van der Waals surface area contributed by atoms with Crippen molar-refractivity contribution in [2.75, 3.05) is 7.11 Å². The molecule has 222 valence electrons. The van der Waals surface area contributed by atoms with Crippen LogP contribution in [0.2, 0.25) is 0 Å². The number of benzene rings is 3. The molecular formula is C28H20F3N3O7S2. The van der Waals surface area contributed by atoms with E-state index in [-0.39, 0.29) is 23.7 Å². The average molecular weight is 632 g/mol. The number of halogens is 3. The lowest BCUT2D eigenvalue weighted by Crippen LogP contribution is -2.28. The second-order valence-corrected chi connectivity index (χ2v) is 11.5. The number of fused-ring (bicyclic) bond motifs is 2. The van der Waals surface area contributed by atoms with E-state index in [4.69, 9.17) is 18.6 Å². The highest BCUT2D eigenvalue weighted by molar-refractivity contribution is 7.88. The molecule has 43 heavy (non-hydrogen) atoms. The van der Waals surface area contributed by atoms with E-state index in [9.17, 15) is 21.6 Å². The van der Waals surface area contributed by atoms with E-state index >= 15 is 0 Å². The van der Waals surface area contributed by atoms with Crippen LogP contribution in [0.5, 0.6) is 22.4 Å². The van der Waals surface area contributed by atoms with Gasteiger partial charge in [0.25, 0.3) is 5.19 Å². The van der Waals surface area contributed by atoms with Crippen LogP contribution in [-0.4, -0.2) is 35.6 Å². The van der Waals surface area contributed by atoms with Gasteiger partial charge < -0.3 is 22.8 Å². The summed E-state index contributed by atoms with van der Waals surface area (Å²) in [5, 5.41) is 4.96. The van der Waals surface area contributed by atoms with E-state index in [1.807, 2.05) is 30.3 Å². The normalized spacial score (nSPS) is 12.1. The molecule has 3 heterocycles. The summed E-state index contributed by atoms with van der Waals surface area (Å²) in [6.07, 6.45) is 1.58. The molecule has 15 heteroatoms. The molecule has 0 saturated carbocycles. The Morgan fingerprint density at radius 1 is 0.930 bits per heavy atom. The number of hydrogen-bond donors (Lipinski definition) is 0. The van der Waals surface area contributed by atoms with E-state index in [0.717, 1.165) is 17.7 Å². The predicted molar refractivity (Wildman–Crippen MR) is 150 cm³/mol. The molecule has 0 fully saturated rings. The summed E-state index contributed by atoms with van der Waals surface area (Å²) < 4.78 is 91.3. The maximum atomic E-state index is 13.1. The number of rotatable bonds is 10. The number of hydrogen-bond acceptors (Lipinski definition) is 10. The predicted octanol–water partition coefficient (Wildman–Crippen LogP) is 6.60. The first-order valence-corrected chi connectivity index (χ1v) is 14.7. The van der Waals surface area contributed by atoms with Gasteiger partial charge >= 0.3 is 15.6 Å². The van der Waals surface area contributed by atoms with E-state index in [1.165, 1.54) is 23.0 Å². The molecule has 0 bridgehead atoms. The van der Waals surface area contributed by atoms with E-state index in [2.05, 4.69) is 14.3 Å². The van der Waals surface area contributed by atoms with Crippen molar-refractivity contribution in [1.29, 1.82) is 0 Å². The third-order valence-electron chi connectivity index (χ3n) is 6.06. The van der Waals surface area contributed by atoms with Crippen LogP contribution in [0.3, 0.4) is 0 Å². The topological polar surface area (TPSA) is 114 Å². The molecule has 0 N–H and O–H groups in total. The van der Waals surface area contributed by atoms with E-state index in [0.29, 0.717) is 39.2 Å². The van der Waals surface area contributed by atoms with Crippen LogP contribution >= 0.6 is 11.3 Å². The van der Waals surface area contributed by atoms with Gasteiger partial charge in [0.1, 0.15) is 41.7 Å². The summed E-state index contributed by atoms with van der Waals surface area (Å²) in [6, 6.07) is 20.4. The summed E-state index contributed by atoms with van der Waals surface area (Å²) in [6.45, 7) is 0.322. The van der Waals surface area contributed by atoms with Gasteiger partial charge in [-0.3, -0.25) is 0 Å². The fourth-order valence-electron chi connectivity index (χ4n) is 4.06. The Morgan fingerprint density at radius 3 is 2.44 bits per heavy atom. The van der Waals surface area contributed by atoms with Gasteiger partial charge in [-0.15, -0.1) is 5.10 Å². The van der Waals surface area contributed by atoms with Crippen LogP contribution in [0.15, 0.2) is 83.4 Å². The first-order chi connectivity index (χ1) is 20.6. The maximum absolute atomic E-state index is 13.1. The first kappa shape index (κ1) is 28.4. The van der Waals surface area contributed by atoms with Crippen molar-refractivity contribution in [2.45, 2.75) is 18.7 Å². The minimum atomic E-state index is -5.95. The first-order valence-electron chi connectivity index (χ1n) is 12.5. The Balaban J connectivity index is 1.30. The zero-order valence-electron chi connectivity index (χ0n) is 22.1. The molecule has 0 amide bonds. The van der Waals surface area contributed by atoms with Crippen LogP contribution in [0.25, 0.3) is 27.4 Å². The lowest BCUT2D eigenvalue weighted by atomic mass is 10.2. The number of furan rings is 1. The second-order valence-electron chi connectivity index (χ2n) is 9.06. The molecule has 3 aromatic carbocycles. The van der Waals surface area contributed by atoms with Crippen LogP contribution in [0, 0.1) is 0 Å². The van der Waals surface area contributed by atoms with Crippen molar-refractivity contribution in [3.05, 3.63) is 90.1 Å². The monoisotopic (exact) mass is 631 g/mol. The zero-order valence-corrected chi connectivity index (χ0v) is 23.7. The fraction of sp³-hybridized carbons (Fsp3) is 0.143. The minimum Gasteiger partial charge on any atom is -0.489 e. The SMILES string of the molecule is COc1nn2cc(-c3cc4c(OCc5cccc(OCc6ccccc6)c5)cc(OS(=O)(=O)C(F)(F)F)cc4o3)nc2s1. The third-order valence-corrected chi connectivity index (χ3v) is 7.92. The molecule has 3 aromatic heterocycles. The number of alkyl halides is 3. The van der Waals surface area contributed by atoms with Crippen molar-refractivity contribution in [1.82, 2.24) is 14.6 Å². The largest absolute Gasteiger partial charge is 0.534 e. The van der Waals surface area contributed by atoms with Crippen molar-refractivity contribution < 1.29 is 44.4 Å². The Morgan fingerprint density at radius 2 is 1.70 bits per heavy atom. The number of methoxy groups -OCH3 is 1. The zero-order chi connectivity index (χ0) is 30.2. The molecule has 0 unspecified atom stereocenters. The molecule has 6 aromatic rings. The number of nitrogens with zero attached hydrogens (tertiary/aromatic N) is 3. The highest BCUT2D eigenvalue weighted by Gasteiger charge is 2.48. The van der Waals surface area contributed by atoms with Gasteiger partial charge in [0.05, 0.1) is 18.7 Å². The van der Waals surface area contributed by atoms with Gasteiger partial charge in [-0.25, -0.2) is 9.50 Å². The quantitative estimate of drug-likeness (QED) is 0.122. The van der Waals surface area contributed by atoms with Crippen molar-refractivity contribution in [3.8, 4) is 33.9 Å². The van der Waals surface area contributed by atoms with Gasteiger partial charge in [-0.2, -0.15) is 21.6 Å². The van der Waals surface area contributed by atoms with E-state index in [1.54, 1.807) is 36.5 Å². The van der Waals surface area contributed by atoms with Gasteiger partial charge in [-0.05, 0) is 40.7 Å². The summed E-state index contributed by atoms with van der Waals surface area (Å²) in [7, 11) is -4.47. The van der Waals surface area contributed by atoms with Gasteiger partial charge in [0.15, 0.2) is 5.76 Å². The van der Waals surface area contributed by atoms with E-state index < -0.39 is 21.4 Å². The Bertz CT molecular complexity index is 1990. The molecular weight excluding hydrogens is 611 g/mol. The highest BCUT2D eigenvalue weighted by Crippen LogP contribution is 2.39. The molecule has 0 radical (unpaired) electrons. The van der Waals surface area contributed by atoms with Gasteiger partial charge in [0.2, 0.25) is 4.96 Å². The Labute approximate surface area is 245 Å². The Kier molecular flexibility index (Phi) is 7.35. The lowest BCUT2D eigenvalue weighted by Gasteiger charge is -2.13. The summed E-state index contributed by atoms with van der Waals surface area (Å²) >= 11 is 1.19.